The number of anilines is 1. The highest BCUT2D eigenvalue weighted by atomic mass is 16.5. The molecule has 25 heavy (non-hydrogen) atoms. The number of nitrogens with one attached hydrogen (secondary N) is 1. The van der Waals surface area contributed by atoms with E-state index in [1.807, 2.05) is 11.0 Å². The number of aromatic amines is 1. The highest BCUT2D eigenvalue weighted by Gasteiger charge is 2.23. The number of nitrogen functional groups attached to an aromatic ring is 1. The lowest BCUT2D eigenvalue weighted by Crippen LogP contribution is -2.45. The number of carbonyl (C=O) groups excluding carboxylic acids is 1. The molecular weight excluding hydrogens is 318 g/mol. The molecule has 1 saturated heterocycles. The van der Waals surface area contributed by atoms with E-state index < -0.39 is 0 Å². The van der Waals surface area contributed by atoms with Gasteiger partial charge in [-0.2, -0.15) is 4.98 Å². The number of hydrogen-bond acceptors (Lipinski definition) is 5. The quantitative estimate of drug-likeness (QED) is 0.795. The maximum absolute atomic E-state index is 12.4. The van der Waals surface area contributed by atoms with Gasteiger partial charge in [0.15, 0.2) is 0 Å². The van der Waals surface area contributed by atoms with Gasteiger partial charge in [-0.05, 0) is 24.8 Å². The molecule has 1 aliphatic rings. The minimum absolute atomic E-state index is 0.127. The van der Waals surface area contributed by atoms with Crippen LogP contribution in [0, 0.1) is 0 Å². The summed E-state index contributed by atoms with van der Waals surface area (Å²) in [4.78, 5) is 18.3. The summed E-state index contributed by atoms with van der Waals surface area (Å²) >= 11 is 0. The summed E-state index contributed by atoms with van der Waals surface area (Å²) in [6.45, 7) is 1.94. The second-order valence-electron chi connectivity index (χ2n) is 6.35. The number of rotatable bonds is 7. The summed E-state index contributed by atoms with van der Waals surface area (Å²) in [6.07, 6.45) is 4.14. The molecule has 0 saturated carbocycles. The first-order chi connectivity index (χ1) is 12.2. The van der Waals surface area contributed by atoms with Crippen molar-refractivity contribution in [3.63, 3.8) is 0 Å². The summed E-state index contributed by atoms with van der Waals surface area (Å²) in [5.74, 6) is 0.997. The van der Waals surface area contributed by atoms with Gasteiger partial charge in [-0.1, -0.05) is 30.3 Å². The van der Waals surface area contributed by atoms with Gasteiger partial charge in [0.05, 0.1) is 12.7 Å². The molecule has 0 radical (unpaired) electrons. The van der Waals surface area contributed by atoms with E-state index in [1.54, 1.807) is 0 Å². The molecule has 0 spiro atoms. The van der Waals surface area contributed by atoms with Crippen LogP contribution in [0.25, 0.3) is 0 Å². The molecule has 2 heterocycles. The van der Waals surface area contributed by atoms with E-state index in [9.17, 15) is 4.79 Å². The number of hydrogen-bond donors (Lipinski definition) is 2. The number of carbonyl (C=O) groups is 1. The van der Waals surface area contributed by atoms with E-state index in [-0.39, 0.29) is 18.0 Å². The third kappa shape index (κ3) is 5.29. The lowest BCUT2D eigenvalue weighted by atomic mass is 10.0. The van der Waals surface area contributed by atoms with Gasteiger partial charge >= 0.3 is 0 Å². The molecule has 0 aliphatic carbocycles. The van der Waals surface area contributed by atoms with E-state index in [0.29, 0.717) is 38.4 Å². The number of aryl methyl sites for hydroxylation is 2. The van der Waals surface area contributed by atoms with Crippen molar-refractivity contribution >= 4 is 11.9 Å². The maximum atomic E-state index is 12.4. The monoisotopic (exact) mass is 343 g/mol. The third-order valence-corrected chi connectivity index (χ3v) is 4.45. The minimum atomic E-state index is 0.127. The molecule has 1 aromatic heterocycles. The fourth-order valence-corrected chi connectivity index (χ4v) is 3.10. The van der Waals surface area contributed by atoms with Crippen molar-refractivity contribution in [1.29, 1.82) is 0 Å². The zero-order chi connectivity index (χ0) is 17.5. The number of morpholine rings is 1. The van der Waals surface area contributed by atoms with Crippen molar-refractivity contribution in [3.05, 3.63) is 41.7 Å². The van der Waals surface area contributed by atoms with Crippen LogP contribution in [-0.4, -0.2) is 51.8 Å². The van der Waals surface area contributed by atoms with Crippen LogP contribution in [0.4, 0.5) is 5.95 Å². The SMILES string of the molecule is Nc1n[nH]c(CCC(=O)N2CCOC(CCCc3ccccc3)C2)n1. The van der Waals surface area contributed by atoms with E-state index in [2.05, 4.69) is 39.4 Å². The van der Waals surface area contributed by atoms with Crippen LogP contribution >= 0.6 is 0 Å². The molecule has 1 fully saturated rings. The zero-order valence-corrected chi connectivity index (χ0v) is 14.4. The Kier molecular flexibility index (Phi) is 6.00. The van der Waals surface area contributed by atoms with Crippen LogP contribution in [0.2, 0.25) is 0 Å². The maximum Gasteiger partial charge on any atom is 0.239 e. The van der Waals surface area contributed by atoms with Crippen LogP contribution in [0.5, 0.6) is 0 Å². The van der Waals surface area contributed by atoms with Crippen molar-refractivity contribution in [2.24, 2.45) is 0 Å². The van der Waals surface area contributed by atoms with Crippen molar-refractivity contribution < 1.29 is 9.53 Å². The molecule has 1 aromatic carbocycles. The van der Waals surface area contributed by atoms with Crippen LogP contribution in [0.15, 0.2) is 30.3 Å². The second kappa shape index (κ2) is 8.62. The summed E-state index contributed by atoms with van der Waals surface area (Å²) in [5, 5.41) is 6.51. The largest absolute Gasteiger partial charge is 0.375 e. The molecule has 2 aromatic rings. The van der Waals surface area contributed by atoms with Crippen LogP contribution < -0.4 is 5.73 Å². The molecule has 7 nitrogen and oxygen atoms in total. The predicted molar refractivity (Wildman–Crippen MR) is 94.8 cm³/mol. The van der Waals surface area contributed by atoms with Crippen LogP contribution in [-0.2, 0) is 22.4 Å². The highest BCUT2D eigenvalue weighted by molar-refractivity contribution is 5.76. The fourth-order valence-electron chi connectivity index (χ4n) is 3.10. The number of aromatic nitrogens is 3. The first-order valence-corrected chi connectivity index (χ1v) is 8.81. The van der Waals surface area contributed by atoms with E-state index in [4.69, 9.17) is 10.5 Å². The van der Waals surface area contributed by atoms with Crippen LogP contribution in [0.1, 0.15) is 30.7 Å². The van der Waals surface area contributed by atoms with Crippen molar-refractivity contribution in [3.8, 4) is 0 Å². The lowest BCUT2D eigenvalue weighted by molar-refractivity contribution is -0.139. The second-order valence-corrected chi connectivity index (χ2v) is 6.35. The van der Waals surface area contributed by atoms with Gasteiger partial charge < -0.3 is 15.4 Å². The Labute approximate surface area is 147 Å². The number of H-pyrrole nitrogens is 1. The normalized spacial score (nSPS) is 17.6. The van der Waals surface area contributed by atoms with Crippen molar-refractivity contribution in [2.75, 3.05) is 25.4 Å². The molecule has 3 N–H and O–H groups in total. The van der Waals surface area contributed by atoms with Gasteiger partial charge in [0, 0.05) is 25.9 Å². The zero-order valence-electron chi connectivity index (χ0n) is 14.4. The van der Waals surface area contributed by atoms with Crippen molar-refractivity contribution in [1.82, 2.24) is 20.1 Å². The van der Waals surface area contributed by atoms with Gasteiger partial charge in [0.2, 0.25) is 11.9 Å². The molecule has 1 atom stereocenters. The topological polar surface area (TPSA) is 97.1 Å². The van der Waals surface area contributed by atoms with Gasteiger partial charge in [0.25, 0.3) is 0 Å². The average molecular weight is 343 g/mol. The first-order valence-electron chi connectivity index (χ1n) is 8.81. The molecule has 0 bridgehead atoms. The third-order valence-electron chi connectivity index (χ3n) is 4.45. The molecule has 1 aliphatic heterocycles. The molecule has 3 rings (SSSR count). The van der Waals surface area contributed by atoms with Crippen LogP contribution in [0.3, 0.4) is 0 Å². The summed E-state index contributed by atoms with van der Waals surface area (Å²) in [5.41, 5.74) is 6.81. The Morgan fingerprint density at radius 2 is 2.16 bits per heavy atom. The highest BCUT2D eigenvalue weighted by Crippen LogP contribution is 2.14. The van der Waals surface area contributed by atoms with E-state index in [0.717, 1.165) is 19.3 Å². The number of amides is 1. The minimum Gasteiger partial charge on any atom is -0.375 e. The number of ether oxygens (including phenoxy) is 1. The Bertz CT molecular complexity index is 673. The molecule has 1 amide bonds. The van der Waals surface area contributed by atoms with E-state index >= 15 is 0 Å². The molecular formula is C18H25N5O2. The number of nitrogens with two attached hydrogens (primary N) is 1. The predicted octanol–water partition coefficient (Wildman–Crippen LogP) is 1.57. The molecule has 1 unspecified atom stereocenters. The Balaban J connectivity index is 1.40. The fraction of sp³-hybridized carbons (Fsp3) is 0.500. The lowest BCUT2D eigenvalue weighted by Gasteiger charge is -2.33. The van der Waals surface area contributed by atoms with Gasteiger partial charge in [-0.15, -0.1) is 5.10 Å². The van der Waals surface area contributed by atoms with Crippen molar-refractivity contribution in [2.45, 2.75) is 38.2 Å². The number of benzene rings is 1. The average Bonchev–Trinajstić information content (AvgIpc) is 3.06. The Morgan fingerprint density at radius 1 is 1.32 bits per heavy atom. The van der Waals surface area contributed by atoms with E-state index in [1.165, 1.54) is 5.56 Å². The van der Waals surface area contributed by atoms with Gasteiger partial charge in [-0.25, -0.2) is 0 Å². The summed E-state index contributed by atoms with van der Waals surface area (Å²) in [6, 6.07) is 10.5. The molecule has 134 valence electrons. The Hall–Kier alpha value is -2.41. The smallest absolute Gasteiger partial charge is 0.239 e. The standard InChI is InChI=1S/C18H25N5O2/c19-18-20-16(21-22-18)9-10-17(24)23-11-12-25-15(13-23)8-4-7-14-5-2-1-3-6-14/h1-3,5-6,15H,4,7-13H2,(H3,19,20,21,22). The number of nitrogens with zero attached hydrogens (tertiary/aromatic N) is 3. The summed E-state index contributed by atoms with van der Waals surface area (Å²) in [7, 11) is 0. The first kappa shape index (κ1) is 17.4. The summed E-state index contributed by atoms with van der Waals surface area (Å²) < 4.78 is 5.82. The Morgan fingerprint density at radius 3 is 2.92 bits per heavy atom. The molecule has 7 heteroatoms. The van der Waals surface area contributed by atoms with Gasteiger partial charge in [-0.3, -0.25) is 9.89 Å². The van der Waals surface area contributed by atoms with Gasteiger partial charge in [0.1, 0.15) is 5.82 Å².